The standard InChI is InChI=1S/C22H17F3N6/c1-12-17(18-7-14(23)8-19(25)21(18)29-12)3-4-27-22-30-20(9-16-2-5-28-31(16)22)13-6-15(24)11-26-10-13/h2,5-11,29H,3-4H2,1H3,(H,27,30). The van der Waals surface area contributed by atoms with Crippen LogP contribution in [-0.4, -0.2) is 31.1 Å². The Labute approximate surface area is 174 Å². The van der Waals surface area contributed by atoms with Crippen molar-refractivity contribution in [2.75, 3.05) is 11.9 Å². The third-order valence-electron chi connectivity index (χ3n) is 5.19. The molecule has 5 rings (SSSR count). The fourth-order valence-corrected chi connectivity index (χ4v) is 3.77. The van der Waals surface area contributed by atoms with Crippen molar-refractivity contribution >= 4 is 22.4 Å². The number of fused-ring (bicyclic) bond motifs is 2. The second-order valence-electron chi connectivity index (χ2n) is 7.24. The largest absolute Gasteiger partial charge is 0.356 e. The lowest BCUT2D eigenvalue weighted by molar-refractivity contribution is 0.591. The third kappa shape index (κ3) is 3.48. The van der Waals surface area contributed by atoms with Gasteiger partial charge in [-0.25, -0.2) is 22.7 Å². The van der Waals surface area contributed by atoms with E-state index in [1.807, 2.05) is 13.0 Å². The molecule has 4 aromatic heterocycles. The second-order valence-corrected chi connectivity index (χ2v) is 7.24. The first kappa shape index (κ1) is 19.1. The molecule has 0 spiro atoms. The summed E-state index contributed by atoms with van der Waals surface area (Å²) in [5, 5.41) is 8.03. The number of nitrogens with one attached hydrogen (secondary N) is 2. The summed E-state index contributed by atoms with van der Waals surface area (Å²) in [4.78, 5) is 11.4. The second kappa shape index (κ2) is 7.42. The number of H-pyrrole nitrogens is 1. The van der Waals surface area contributed by atoms with E-state index in [-0.39, 0.29) is 0 Å². The summed E-state index contributed by atoms with van der Waals surface area (Å²) in [5.41, 5.74) is 3.77. The van der Waals surface area contributed by atoms with Crippen molar-refractivity contribution in [1.82, 2.24) is 24.6 Å². The monoisotopic (exact) mass is 422 g/mol. The van der Waals surface area contributed by atoms with Gasteiger partial charge in [-0.1, -0.05) is 0 Å². The van der Waals surface area contributed by atoms with E-state index in [0.717, 1.165) is 29.0 Å². The number of rotatable bonds is 5. The van der Waals surface area contributed by atoms with Crippen molar-refractivity contribution < 1.29 is 13.2 Å². The Morgan fingerprint density at radius 3 is 2.77 bits per heavy atom. The van der Waals surface area contributed by atoms with Crippen molar-refractivity contribution in [1.29, 1.82) is 0 Å². The molecule has 156 valence electrons. The molecule has 0 amide bonds. The van der Waals surface area contributed by atoms with Crippen molar-refractivity contribution in [3.63, 3.8) is 0 Å². The van der Waals surface area contributed by atoms with Gasteiger partial charge in [0, 0.05) is 35.5 Å². The van der Waals surface area contributed by atoms with Crippen LogP contribution < -0.4 is 5.32 Å². The van der Waals surface area contributed by atoms with Gasteiger partial charge in [0.2, 0.25) is 5.95 Å². The van der Waals surface area contributed by atoms with Gasteiger partial charge >= 0.3 is 0 Å². The predicted octanol–water partition coefficient (Wildman–Crippen LogP) is 4.65. The van der Waals surface area contributed by atoms with Crippen LogP contribution in [0.5, 0.6) is 0 Å². The molecule has 1 aromatic carbocycles. The van der Waals surface area contributed by atoms with Gasteiger partial charge in [0.1, 0.15) is 17.5 Å². The molecular formula is C22H17F3N6. The van der Waals surface area contributed by atoms with Gasteiger partial charge in [0.05, 0.1) is 29.1 Å². The Morgan fingerprint density at radius 1 is 1.06 bits per heavy atom. The number of benzene rings is 1. The lowest BCUT2D eigenvalue weighted by atomic mass is 10.1. The van der Waals surface area contributed by atoms with Crippen LogP contribution in [-0.2, 0) is 6.42 Å². The average Bonchev–Trinajstić information content (AvgIpc) is 3.33. The number of hydrogen-bond acceptors (Lipinski definition) is 4. The Morgan fingerprint density at radius 2 is 1.94 bits per heavy atom. The molecular weight excluding hydrogens is 405 g/mol. The fraction of sp³-hybridized carbons (Fsp3) is 0.136. The quantitative estimate of drug-likeness (QED) is 0.433. The topological polar surface area (TPSA) is 70.9 Å². The molecule has 6 nitrogen and oxygen atoms in total. The minimum absolute atomic E-state index is 0.294. The highest BCUT2D eigenvalue weighted by atomic mass is 19.1. The van der Waals surface area contributed by atoms with Crippen LogP contribution in [0.1, 0.15) is 11.3 Å². The lowest BCUT2D eigenvalue weighted by Gasteiger charge is -2.10. The van der Waals surface area contributed by atoms with E-state index in [1.54, 1.807) is 23.0 Å². The number of pyridine rings is 1. The summed E-state index contributed by atoms with van der Waals surface area (Å²) in [6.07, 6.45) is 4.83. The van der Waals surface area contributed by atoms with E-state index in [2.05, 4.69) is 25.4 Å². The van der Waals surface area contributed by atoms with Gasteiger partial charge in [-0.15, -0.1) is 0 Å². The Hall–Kier alpha value is -3.88. The summed E-state index contributed by atoms with van der Waals surface area (Å²) in [5.74, 6) is -1.21. The first-order valence-corrected chi connectivity index (χ1v) is 9.65. The summed E-state index contributed by atoms with van der Waals surface area (Å²) in [6.45, 7) is 2.27. The van der Waals surface area contributed by atoms with Gasteiger partial charge < -0.3 is 10.3 Å². The van der Waals surface area contributed by atoms with E-state index in [1.165, 1.54) is 12.1 Å². The lowest BCUT2D eigenvalue weighted by Crippen LogP contribution is -2.11. The smallest absolute Gasteiger partial charge is 0.224 e. The number of nitrogens with zero attached hydrogens (tertiary/aromatic N) is 4. The number of halogens is 3. The van der Waals surface area contributed by atoms with Gasteiger partial charge in [-0.05, 0) is 43.2 Å². The van der Waals surface area contributed by atoms with Gasteiger partial charge in [-0.2, -0.15) is 5.10 Å². The van der Waals surface area contributed by atoms with Crippen molar-refractivity contribution in [3.05, 3.63) is 77.6 Å². The first-order valence-electron chi connectivity index (χ1n) is 9.65. The maximum Gasteiger partial charge on any atom is 0.224 e. The van der Waals surface area contributed by atoms with E-state index >= 15 is 0 Å². The number of hydrogen-bond donors (Lipinski definition) is 2. The van der Waals surface area contributed by atoms with E-state index in [9.17, 15) is 13.2 Å². The van der Waals surface area contributed by atoms with Crippen LogP contribution in [0.15, 0.2) is 48.9 Å². The number of aromatic amines is 1. The van der Waals surface area contributed by atoms with Crippen LogP contribution >= 0.6 is 0 Å². The normalized spacial score (nSPS) is 11.5. The molecule has 31 heavy (non-hydrogen) atoms. The highest BCUT2D eigenvalue weighted by Gasteiger charge is 2.14. The fourth-order valence-electron chi connectivity index (χ4n) is 3.77. The average molecular weight is 422 g/mol. The molecule has 5 aromatic rings. The molecule has 0 saturated carbocycles. The molecule has 0 bridgehead atoms. The van der Waals surface area contributed by atoms with Crippen molar-refractivity contribution in [2.45, 2.75) is 13.3 Å². The van der Waals surface area contributed by atoms with Crippen LogP contribution in [0.25, 0.3) is 27.7 Å². The minimum atomic E-state index is -0.617. The molecule has 0 aliphatic rings. The highest BCUT2D eigenvalue weighted by Crippen LogP contribution is 2.26. The molecule has 2 N–H and O–H groups in total. The van der Waals surface area contributed by atoms with Crippen molar-refractivity contribution in [2.24, 2.45) is 0 Å². The zero-order valence-electron chi connectivity index (χ0n) is 16.5. The van der Waals surface area contributed by atoms with Crippen LogP contribution in [0.2, 0.25) is 0 Å². The van der Waals surface area contributed by atoms with Gasteiger partial charge in [0.15, 0.2) is 0 Å². The number of aryl methyl sites for hydroxylation is 1. The van der Waals surface area contributed by atoms with Gasteiger partial charge in [0.25, 0.3) is 0 Å². The molecule has 9 heteroatoms. The zero-order valence-corrected chi connectivity index (χ0v) is 16.5. The Balaban J connectivity index is 1.45. The molecule has 4 heterocycles. The first-order chi connectivity index (χ1) is 15.0. The summed E-state index contributed by atoms with van der Waals surface area (Å²) in [6, 6.07) is 7.18. The molecule has 0 fully saturated rings. The molecule has 0 unspecified atom stereocenters. The van der Waals surface area contributed by atoms with Crippen LogP contribution in [0.3, 0.4) is 0 Å². The number of aromatic nitrogens is 5. The SMILES string of the molecule is Cc1[nH]c2c(F)cc(F)cc2c1CCNc1nc(-c2cncc(F)c2)cc2ccnn12. The molecule has 0 aliphatic carbocycles. The van der Waals surface area contributed by atoms with E-state index in [0.29, 0.717) is 41.1 Å². The number of anilines is 1. The maximum absolute atomic E-state index is 14.1. The third-order valence-corrected chi connectivity index (χ3v) is 5.19. The summed E-state index contributed by atoms with van der Waals surface area (Å²) in [7, 11) is 0. The molecule has 0 saturated heterocycles. The maximum atomic E-state index is 14.1. The van der Waals surface area contributed by atoms with Crippen LogP contribution in [0.4, 0.5) is 19.1 Å². The highest BCUT2D eigenvalue weighted by molar-refractivity contribution is 5.85. The molecule has 0 aliphatic heterocycles. The summed E-state index contributed by atoms with van der Waals surface area (Å²) < 4.78 is 43.0. The zero-order chi connectivity index (χ0) is 21.5. The van der Waals surface area contributed by atoms with Crippen LogP contribution in [0, 0.1) is 24.4 Å². The minimum Gasteiger partial charge on any atom is -0.356 e. The predicted molar refractivity (Wildman–Crippen MR) is 111 cm³/mol. The van der Waals surface area contributed by atoms with E-state index < -0.39 is 17.5 Å². The molecule has 0 radical (unpaired) electrons. The van der Waals surface area contributed by atoms with Gasteiger partial charge in [-0.3, -0.25) is 4.98 Å². The Bertz CT molecular complexity index is 1420. The molecule has 0 atom stereocenters. The summed E-state index contributed by atoms with van der Waals surface area (Å²) >= 11 is 0. The Kier molecular flexibility index (Phi) is 4.58. The van der Waals surface area contributed by atoms with Crippen molar-refractivity contribution in [3.8, 4) is 11.3 Å². The van der Waals surface area contributed by atoms with E-state index in [4.69, 9.17) is 0 Å².